The Morgan fingerprint density at radius 1 is 1.21 bits per heavy atom. The van der Waals surface area contributed by atoms with Crippen molar-refractivity contribution in [2.75, 3.05) is 45.2 Å². The molecule has 1 aliphatic rings. The number of aromatic nitrogens is 1. The van der Waals surface area contributed by atoms with Gasteiger partial charge in [0.25, 0.3) is 0 Å². The van der Waals surface area contributed by atoms with Gasteiger partial charge in [-0.3, -0.25) is 0 Å². The number of nitrogens with one attached hydrogen (secondary N) is 1. The van der Waals surface area contributed by atoms with Crippen molar-refractivity contribution in [3.05, 3.63) is 23.9 Å². The minimum Gasteiger partial charge on any atom is -0.354 e. The lowest BCUT2D eigenvalue weighted by molar-refractivity contribution is 0.401. The number of nitrogens with zero attached hydrogens (tertiary/aromatic N) is 3. The van der Waals surface area contributed by atoms with Gasteiger partial charge < -0.3 is 15.1 Å². The fraction of sp³-hybridized carbons (Fsp3) is 0.583. The van der Waals surface area contributed by atoms with Crippen molar-refractivity contribution in [2.24, 2.45) is 0 Å². The first-order valence-electron chi connectivity index (χ1n) is 5.81. The molecule has 0 bridgehead atoms. The summed E-state index contributed by atoms with van der Waals surface area (Å²) >= 11 is 0. The van der Waals surface area contributed by atoms with Crippen LogP contribution in [0.5, 0.6) is 0 Å². The highest BCUT2D eigenvalue weighted by Crippen LogP contribution is 2.18. The third-order valence-corrected chi connectivity index (χ3v) is 2.77. The zero-order chi connectivity index (χ0) is 11.4. The highest BCUT2D eigenvalue weighted by molar-refractivity contribution is 5.86. The molecule has 19 heavy (non-hydrogen) atoms. The van der Waals surface area contributed by atoms with E-state index in [9.17, 15) is 0 Å². The van der Waals surface area contributed by atoms with E-state index in [-0.39, 0.29) is 37.2 Å². The summed E-state index contributed by atoms with van der Waals surface area (Å²) in [4.78, 5) is 9.08. The highest BCUT2D eigenvalue weighted by atomic mass is 35.5. The first-order chi connectivity index (χ1) is 7.77. The van der Waals surface area contributed by atoms with E-state index in [1.165, 1.54) is 5.56 Å². The molecule has 0 amide bonds. The van der Waals surface area contributed by atoms with Crippen LogP contribution in [-0.2, 0) is 6.54 Å². The molecule has 7 heteroatoms. The first-order valence-corrected chi connectivity index (χ1v) is 5.81. The van der Waals surface area contributed by atoms with E-state index < -0.39 is 0 Å². The fourth-order valence-electron chi connectivity index (χ4n) is 2.06. The maximum absolute atomic E-state index is 4.53. The molecule has 0 atom stereocenters. The van der Waals surface area contributed by atoms with Crippen molar-refractivity contribution in [1.82, 2.24) is 15.2 Å². The van der Waals surface area contributed by atoms with Gasteiger partial charge in [0.2, 0.25) is 0 Å². The summed E-state index contributed by atoms with van der Waals surface area (Å²) in [5.74, 6) is 1.15. The van der Waals surface area contributed by atoms with Gasteiger partial charge in [-0.1, -0.05) is 6.07 Å². The zero-order valence-corrected chi connectivity index (χ0v) is 13.8. The fourth-order valence-corrected chi connectivity index (χ4v) is 2.06. The quantitative estimate of drug-likeness (QED) is 0.916. The Bertz CT molecular complexity index is 344. The molecule has 0 aromatic carbocycles. The molecule has 0 radical (unpaired) electrons. The molecule has 0 aliphatic carbocycles. The Morgan fingerprint density at radius 3 is 2.42 bits per heavy atom. The minimum atomic E-state index is 0. The van der Waals surface area contributed by atoms with Gasteiger partial charge in [-0.05, 0) is 20.2 Å². The van der Waals surface area contributed by atoms with E-state index in [0.29, 0.717) is 0 Å². The molecule has 1 aromatic heterocycles. The summed E-state index contributed by atoms with van der Waals surface area (Å²) in [6.07, 6.45) is 1.89. The highest BCUT2D eigenvalue weighted by Gasteiger charge is 2.15. The molecule has 1 N–H and O–H groups in total. The molecule has 0 spiro atoms. The van der Waals surface area contributed by atoms with Gasteiger partial charge in [0, 0.05) is 44.5 Å². The third kappa shape index (κ3) is 6.15. The normalized spacial score (nSPS) is 14.2. The molecule has 1 aromatic rings. The van der Waals surface area contributed by atoms with Gasteiger partial charge in [-0.25, -0.2) is 4.98 Å². The molecule has 1 aliphatic heterocycles. The summed E-state index contributed by atoms with van der Waals surface area (Å²) in [5, 5.41) is 3.36. The first kappa shape index (κ1) is 21.0. The molecule has 112 valence electrons. The smallest absolute Gasteiger partial charge is 0.133 e. The van der Waals surface area contributed by atoms with Crippen LogP contribution < -0.4 is 10.2 Å². The zero-order valence-electron chi connectivity index (χ0n) is 11.3. The van der Waals surface area contributed by atoms with Gasteiger partial charge in [-0.2, -0.15) is 0 Å². The lowest BCUT2D eigenvalue weighted by Gasteiger charge is -2.30. The van der Waals surface area contributed by atoms with Crippen LogP contribution in [0.1, 0.15) is 5.56 Å². The van der Waals surface area contributed by atoms with Crippen LogP contribution in [0.3, 0.4) is 0 Å². The Hall–Kier alpha value is -0.260. The number of halogens is 3. The van der Waals surface area contributed by atoms with E-state index in [2.05, 4.69) is 40.3 Å². The second kappa shape index (κ2) is 10.5. The number of pyridine rings is 1. The average Bonchev–Trinajstić information content (AvgIpc) is 2.30. The second-order valence-corrected chi connectivity index (χ2v) is 4.46. The molecule has 4 nitrogen and oxygen atoms in total. The van der Waals surface area contributed by atoms with Crippen LogP contribution in [0.25, 0.3) is 0 Å². The molecule has 2 rings (SSSR count). The van der Waals surface area contributed by atoms with Crippen LogP contribution >= 0.6 is 37.2 Å². The van der Waals surface area contributed by atoms with Gasteiger partial charge in [0.1, 0.15) is 5.82 Å². The van der Waals surface area contributed by atoms with Crippen molar-refractivity contribution in [3.63, 3.8) is 0 Å². The van der Waals surface area contributed by atoms with Crippen molar-refractivity contribution in [3.8, 4) is 0 Å². The van der Waals surface area contributed by atoms with Gasteiger partial charge in [0.05, 0.1) is 0 Å². The molecule has 1 saturated heterocycles. The number of hydrogen-bond acceptors (Lipinski definition) is 4. The maximum atomic E-state index is 4.53. The van der Waals surface area contributed by atoms with E-state index in [0.717, 1.165) is 38.5 Å². The summed E-state index contributed by atoms with van der Waals surface area (Å²) < 4.78 is 0. The summed E-state index contributed by atoms with van der Waals surface area (Å²) in [6, 6.07) is 4.19. The molecule has 0 saturated carbocycles. The van der Waals surface area contributed by atoms with Gasteiger partial charge >= 0.3 is 0 Å². The van der Waals surface area contributed by atoms with E-state index >= 15 is 0 Å². The number of rotatable bonds is 3. The Balaban J connectivity index is 0. The second-order valence-electron chi connectivity index (χ2n) is 4.46. The molecular formula is C12H23Cl3N4. The van der Waals surface area contributed by atoms with Gasteiger partial charge in [0.15, 0.2) is 0 Å². The maximum Gasteiger partial charge on any atom is 0.133 e. The molecular weight excluding hydrogens is 307 g/mol. The predicted molar refractivity (Wildman–Crippen MR) is 88.5 cm³/mol. The number of piperazine rings is 1. The van der Waals surface area contributed by atoms with E-state index in [1.807, 2.05) is 12.3 Å². The van der Waals surface area contributed by atoms with Crippen molar-refractivity contribution >= 4 is 43.0 Å². The van der Waals surface area contributed by atoms with E-state index in [1.54, 1.807) is 0 Å². The standard InChI is InChI=1S/C12H20N4.3ClH/c1-15(2)10-11-4-3-5-14-12(11)16-8-6-13-7-9-16;;;/h3-5,13H,6-10H2,1-2H3;3*1H. The summed E-state index contributed by atoms with van der Waals surface area (Å²) in [5.41, 5.74) is 1.31. The van der Waals surface area contributed by atoms with Crippen LogP contribution in [0.15, 0.2) is 18.3 Å². The Labute approximate surface area is 134 Å². The topological polar surface area (TPSA) is 31.4 Å². The SMILES string of the molecule is CN(C)Cc1cccnc1N1CCNCC1.Cl.Cl.Cl. The minimum absolute atomic E-state index is 0. The van der Waals surface area contributed by atoms with Crippen LogP contribution in [0.2, 0.25) is 0 Å². The van der Waals surface area contributed by atoms with Crippen LogP contribution in [-0.4, -0.2) is 50.2 Å². The monoisotopic (exact) mass is 328 g/mol. The molecule has 1 fully saturated rings. The summed E-state index contributed by atoms with van der Waals surface area (Å²) in [6.45, 7) is 5.16. The lowest BCUT2D eigenvalue weighted by atomic mass is 10.2. The van der Waals surface area contributed by atoms with Gasteiger partial charge in [-0.15, -0.1) is 37.2 Å². The van der Waals surface area contributed by atoms with Crippen molar-refractivity contribution in [2.45, 2.75) is 6.54 Å². The Kier molecular flexibility index (Phi) is 11.7. The summed E-state index contributed by atoms with van der Waals surface area (Å²) in [7, 11) is 4.18. The molecule has 2 heterocycles. The predicted octanol–water partition coefficient (Wildman–Crippen LogP) is 1.82. The lowest BCUT2D eigenvalue weighted by Crippen LogP contribution is -2.44. The average molecular weight is 330 g/mol. The van der Waals surface area contributed by atoms with Crippen LogP contribution in [0.4, 0.5) is 5.82 Å². The third-order valence-electron chi connectivity index (χ3n) is 2.77. The van der Waals surface area contributed by atoms with Crippen LogP contribution in [0, 0.1) is 0 Å². The number of anilines is 1. The number of hydrogen-bond donors (Lipinski definition) is 1. The van der Waals surface area contributed by atoms with Crippen molar-refractivity contribution in [1.29, 1.82) is 0 Å². The largest absolute Gasteiger partial charge is 0.354 e. The van der Waals surface area contributed by atoms with Crippen molar-refractivity contribution < 1.29 is 0 Å². The van der Waals surface area contributed by atoms with E-state index in [4.69, 9.17) is 0 Å². The Morgan fingerprint density at radius 2 is 1.84 bits per heavy atom. The molecule has 0 unspecified atom stereocenters.